The normalized spacial score (nSPS) is 9.00. The van der Waals surface area contributed by atoms with Gasteiger partial charge in [0, 0.05) is 5.56 Å². The fourth-order valence-electron chi connectivity index (χ4n) is 1.01. The van der Waals surface area contributed by atoms with Gasteiger partial charge in [-0.3, -0.25) is 0 Å². The van der Waals surface area contributed by atoms with Gasteiger partial charge in [-0.25, -0.2) is 9.79 Å². The molecule has 13 heavy (non-hydrogen) atoms. The average Bonchev–Trinajstić information content (AvgIpc) is 2.15. The van der Waals surface area contributed by atoms with Gasteiger partial charge < -0.3 is 9.84 Å². The fourth-order valence-corrected chi connectivity index (χ4v) is 1.01. The van der Waals surface area contributed by atoms with Crippen molar-refractivity contribution >= 4 is 6.08 Å². The number of aromatic hydroxyl groups is 1. The molecule has 1 rings (SSSR count). The smallest absolute Gasteiger partial charge is 0.235 e. The van der Waals surface area contributed by atoms with Crippen LogP contribution in [-0.2, 0) is 11.3 Å². The second kappa shape index (κ2) is 4.28. The van der Waals surface area contributed by atoms with Crippen molar-refractivity contribution < 1.29 is 14.6 Å². The SMILES string of the molecule is COc1ccc(O)cc1CN=C=O. The number of hydrogen-bond acceptors (Lipinski definition) is 4. The lowest BCUT2D eigenvalue weighted by Gasteiger charge is -2.05. The quantitative estimate of drug-likeness (QED) is 0.561. The van der Waals surface area contributed by atoms with E-state index < -0.39 is 0 Å². The summed E-state index contributed by atoms with van der Waals surface area (Å²) >= 11 is 0. The first-order chi connectivity index (χ1) is 6.27. The predicted octanol–water partition coefficient (Wildman–Crippen LogP) is 1.24. The number of isocyanates is 1. The van der Waals surface area contributed by atoms with Gasteiger partial charge in [0.15, 0.2) is 0 Å². The average molecular weight is 179 g/mol. The summed E-state index contributed by atoms with van der Waals surface area (Å²) in [6, 6.07) is 4.62. The molecule has 1 aromatic carbocycles. The van der Waals surface area contributed by atoms with Crippen LogP contribution in [0.3, 0.4) is 0 Å². The van der Waals surface area contributed by atoms with Crippen molar-refractivity contribution in [3.8, 4) is 11.5 Å². The van der Waals surface area contributed by atoms with Crippen molar-refractivity contribution in [2.75, 3.05) is 7.11 Å². The van der Waals surface area contributed by atoms with E-state index in [-0.39, 0.29) is 12.3 Å². The predicted molar refractivity (Wildman–Crippen MR) is 46.5 cm³/mol. The molecule has 0 amide bonds. The molecular weight excluding hydrogens is 170 g/mol. The van der Waals surface area contributed by atoms with Gasteiger partial charge in [-0.15, -0.1) is 0 Å². The molecule has 0 saturated heterocycles. The van der Waals surface area contributed by atoms with Crippen LogP contribution < -0.4 is 4.74 Å². The Labute approximate surface area is 75.5 Å². The van der Waals surface area contributed by atoms with E-state index in [1.165, 1.54) is 25.3 Å². The van der Waals surface area contributed by atoms with E-state index in [0.29, 0.717) is 11.3 Å². The molecule has 1 aromatic rings. The van der Waals surface area contributed by atoms with Gasteiger partial charge in [0.2, 0.25) is 6.08 Å². The van der Waals surface area contributed by atoms with Crippen molar-refractivity contribution in [2.45, 2.75) is 6.54 Å². The third-order valence-electron chi connectivity index (χ3n) is 1.58. The van der Waals surface area contributed by atoms with Gasteiger partial charge in [-0.1, -0.05) is 0 Å². The van der Waals surface area contributed by atoms with E-state index in [1.54, 1.807) is 6.07 Å². The highest BCUT2D eigenvalue weighted by atomic mass is 16.5. The van der Waals surface area contributed by atoms with Crippen molar-refractivity contribution in [3.63, 3.8) is 0 Å². The Morgan fingerprint density at radius 2 is 2.38 bits per heavy atom. The minimum absolute atomic E-state index is 0.122. The second-order valence-corrected chi connectivity index (χ2v) is 2.40. The highest BCUT2D eigenvalue weighted by Gasteiger charge is 2.02. The Morgan fingerprint density at radius 1 is 1.62 bits per heavy atom. The first-order valence-corrected chi connectivity index (χ1v) is 3.67. The number of phenolic OH excluding ortho intramolecular Hbond substituents is 1. The highest BCUT2D eigenvalue weighted by molar-refractivity contribution is 5.41. The van der Waals surface area contributed by atoms with Crippen LogP contribution in [0.2, 0.25) is 0 Å². The first kappa shape index (κ1) is 9.29. The van der Waals surface area contributed by atoms with E-state index >= 15 is 0 Å². The summed E-state index contributed by atoms with van der Waals surface area (Å²) < 4.78 is 5.00. The summed E-state index contributed by atoms with van der Waals surface area (Å²) in [5, 5.41) is 9.14. The first-order valence-electron chi connectivity index (χ1n) is 3.67. The highest BCUT2D eigenvalue weighted by Crippen LogP contribution is 2.23. The summed E-state index contributed by atoms with van der Waals surface area (Å²) in [5.74, 6) is 0.716. The maximum atomic E-state index is 9.87. The number of rotatable bonds is 3. The largest absolute Gasteiger partial charge is 0.508 e. The minimum Gasteiger partial charge on any atom is -0.508 e. The van der Waals surface area contributed by atoms with Crippen LogP contribution in [0.15, 0.2) is 23.2 Å². The van der Waals surface area contributed by atoms with E-state index in [1.807, 2.05) is 0 Å². The summed E-state index contributed by atoms with van der Waals surface area (Å²) in [6.45, 7) is 0.168. The Kier molecular flexibility index (Phi) is 3.06. The molecule has 0 radical (unpaired) electrons. The van der Waals surface area contributed by atoms with Crippen LogP contribution in [0.4, 0.5) is 0 Å². The molecule has 0 saturated carbocycles. The van der Waals surface area contributed by atoms with Crippen LogP contribution in [0, 0.1) is 0 Å². The van der Waals surface area contributed by atoms with Gasteiger partial charge in [-0.05, 0) is 18.2 Å². The molecule has 0 unspecified atom stereocenters. The van der Waals surface area contributed by atoms with Crippen LogP contribution in [0.5, 0.6) is 11.5 Å². The number of ether oxygens (including phenoxy) is 1. The molecule has 4 heteroatoms. The number of methoxy groups -OCH3 is 1. The van der Waals surface area contributed by atoms with Gasteiger partial charge in [-0.2, -0.15) is 0 Å². The number of benzene rings is 1. The number of aliphatic imine (C=N–C) groups is 1. The van der Waals surface area contributed by atoms with E-state index in [0.717, 1.165) is 0 Å². The number of phenols is 1. The molecule has 0 aromatic heterocycles. The fraction of sp³-hybridized carbons (Fsp3) is 0.222. The monoisotopic (exact) mass is 179 g/mol. The second-order valence-electron chi connectivity index (χ2n) is 2.40. The lowest BCUT2D eigenvalue weighted by atomic mass is 10.2. The Hall–Kier alpha value is -1.80. The molecule has 0 aliphatic rings. The number of hydrogen-bond donors (Lipinski definition) is 1. The van der Waals surface area contributed by atoms with Crippen molar-refractivity contribution in [3.05, 3.63) is 23.8 Å². The lowest BCUT2D eigenvalue weighted by molar-refractivity contribution is 0.407. The van der Waals surface area contributed by atoms with Crippen molar-refractivity contribution in [2.24, 2.45) is 4.99 Å². The number of carbonyl (C=O) groups excluding carboxylic acids is 1. The van der Waals surface area contributed by atoms with Crippen molar-refractivity contribution in [1.29, 1.82) is 0 Å². The molecule has 68 valence electrons. The molecule has 0 fully saturated rings. The molecule has 0 atom stereocenters. The minimum atomic E-state index is 0.122. The molecule has 0 aliphatic heterocycles. The molecule has 0 spiro atoms. The Morgan fingerprint density at radius 3 is 3.00 bits per heavy atom. The molecule has 0 bridgehead atoms. The van der Waals surface area contributed by atoms with Crippen LogP contribution in [0.1, 0.15) is 5.56 Å². The summed E-state index contributed by atoms with van der Waals surface area (Å²) in [6.07, 6.45) is 1.42. The summed E-state index contributed by atoms with van der Waals surface area (Å²) in [5.41, 5.74) is 0.658. The van der Waals surface area contributed by atoms with Gasteiger partial charge in [0.05, 0.1) is 13.7 Å². The molecule has 1 N–H and O–H groups in total. The molecule has 0 heterocycles. The van der Waals surface area contributed by atoms with Gasteiger partial charge in [0.25, 0.3) is 0 Å². The maximum Gasteiger partial charge on any atom is 0.235 e. The molecular formula is C9H9NO3. The van der Waals surface area contributed by atoms with E-state index in [4.69, 9.17) is 9.84 Å². The van der Waals surface area contributed by atoms with Gasteiger partial charge >= 0.3 is 0 Å². The zero-order chi connectivity index (χ0) is 9.68. The number of nitrogens with zero attached hydrogens (tertiary/aromatic N) is 1. The van der Waals surface area contributed by atoms with Gasteiger partial charge in [0.1, 0.15) is 11.5 Å². The Balaban J connectivity index is 3.00. The summed E-state index contributed by atoms with van der Waals surface area (Å²) in [4.78, 5) is 13.3. The molecule has 4 nitrogen and oxygen atoms in total. The van der Waals surface area contributed by atoms with E-state index in [2.05, 4.69) is 4.99 Å². The molecule has 0 aliphatic carbocycles. The van der Waals surface area contributed by atoms with Crippen LogP contribution in [0.25, 0.3) is 0 Å². The third-order valence-corrected chi connectivity index (χ3v) is 1.58. The zero-order valence-corrected chi connectivity index (χ0v) is 7.15. The standard InChI is InChI=1S/C9H9NO3/c1-13-9-3-2-8(12)4-7(9)5-10-6-11/h2-4,12H,5H2,1H3. The third kappa shape index (κ3) is 2.32. The van der Waals surface area contributed by atoms with Crippen molar-refractivity contribution in [1.82, 2.24) is 0 Å². The summed E-state index contributed by atoms with van der Waals surface area (Å²) in [7, 11) is 1.51. The van der Waals surface area contributed by atoms with E-state index in [9.17, 15) is 4.79 Å². The topological polar surface area (TPSA) is 58.9 Å². The maximum absolute atomic E-state index is 9.87. The Bertz CT molecular complexity index is 343. The van der Waals surface area contributed by atoms with Crippen LogP contribution >= 0.6 is 0 Å². The zero-order valence-electron chi connectivity index (χ0n) is 7.15. The van der Waals surface area contributed by atoms with Crippen LogP contribution in [-0.4, -0.2) is 18.3 Å². The lowest BCUT2D eigenvalue weighted by Crippen LogP contribution is -1.90.